The average molecular weight is 148 g/mol. The Hall–Kier alpha value is -0.430. The smallest absolute Gasteiger partial charge is 0.373 e. The first-order valence-corrected chi connectivity index (χ1v) is 3.56. The van der Waals surface area contributed by atoms with Crippen LogP contribution in [0.15, 0.2) is 0 Å². The van der Waals surface area contributed by atoms with E-state index in [4.69, 9.17) is 0 Å². The first-order chi connectivity index (χ1) is 4.31. The second kappa shape index (κ2) is 5.70. The molecule has 0 amide bonds. The van der Waals surface area contributed by atoms with Crippen molar-refractivity contribution in [3.63, 3.8) is 0 Å². The largest absolute Gasteiger partial charge is 0.398 e. The van der Waals surface area contributed by atoms with Crippen molar-refractivity contribution in [2.24, 2.45) is 0 Å². The lowest BCUT2D eigenvalue weighted by atomic mass is 10.3. The molecule has 4 heteroatoms. The molecule has 0 saturated carbocycles. The fourth-order valence-electron chi connectivity index (χ4n) is 0.408. The van der Waals surface area contributed by atoms with Gasteiger partial charge in [-0.05, 0) is 6.42 Å². The van der Waals surface area contributed by atoms with Crippen LogP contribution in [-0.2, 0) is 13.9 Å². The summed E-state index contributed by atoms with van der Waals surface area (Å²) >= 11 is 0. The third-order valence-electron chi connectivity index (χ3n) is 0.874. The minimum atomic E-state index is -0.545. The maximum atomic E-state index is 10.4. The van der Waals surface area contributed by atoms with Gasteiger partial charge >= 0.3 is 14.7 Å². The number of hydrogen-bond acceptors (Lipinski definition) is 3. The number of rotatable bonds is 4. The van der Waals surface area contributed by atoms with E-state index < -0.39 is 14.7 Å². The molecule has 52 valence electrons. The second-order valence-corrected chi connectivity index (χ2v) is 1.97. The van der Waals surface area contributed by atoms with Crippen LogP contribution in [-0.4, -0.2) is 5.97 Å². The van der Waals surface area contributed by atoms with Crippen molar-refractivity contribution >= 4 is 14.7 Å². The van der Waals surface area contributed by atoms with Gasteiger partial charge in [-0.25, -0.2) is 4.57 Å². The molecule has 0 spiro atoms. The van der Waals surface area contributed by atoms with Gasteiger partial charge in [0.05, 0.1) is 0 Å². The van der Waals surface area contributed by atoms with Crippen molar-refractivity contribution in [1.82, 2.24) is 0 Å². The maximum Gasteiger partial charge on any atom is 0.398 e. The molecule has 3 nitrogen and oxygen atoms in total. The summed E-state index contributed by atoms with van der Waals surface area (Å²) in [5.41, 5.74) is 0. The minimum Gasteiger partial charge on any atom is -0.373 e. The summed E-state index contributed by atoms with van der Waals surface area (Å²) in [6.45, 7) is 1.97. The molecule has 0 aromatic carbocycles. The molecule has 0 N–H and O–H groups in total. The van der Waals surface area contributed by atoms with Crippen molar-refractivity contribution in [3.8, 4) is 0 Å². The Balaban J connectivity index is 3.16. The lowest BCUT2D eigenvalue weighted by Gasteiger charge is -1.91. The predicted molar refractivity (Wildman–Crippen MR) is 33.2 cm³/mol. The zero-order valence-electron chi connectivity index (χ0n) is 5.29. The SMILES string of the molecule is CCCCC(=O)OP=O. The highest BCUT2D eigenvalue weighted by Gasteiger charge is 1.99. The molecule has 0 saturated heterocycles. The second-order valence-electron chi connectivity index (χ2n) is 1.64. The molecule has 0 aliphatic carbocycles. The maximum absolute atomic E-state index is 10.4. The van der Waals surface area contributed by atoms with Crippen LogP contribution < -0.4 is 0 Å². The van der Waals surface area contributed by atoms with Gasteiger partial charge in [0.1, 0.15) is 0 Å². The molecule has 9 heavy (non-hydrogen) atoms. The molecule has 0 aromatic heterocycles. The summed E-state index contributed by atoms with van der Waals surface area (Å²) in [5.74, 6) is -0.395. The lowest BCUT2D eigenvalue weighted by molar-refractivity contribution is -0.133. The van der Waals surface area contributed by atoms with E-state index in [1.54, 1.807) is 0 Å². The van der Waals surface area contributed by atoms with E-state index in [2.05, 4.69) is 4.52 Å². The Bertz CT molecular complexity index is 102. The standard InChI is InChI=1S/C5H9O3P/c1-2-3-4-5(6)8-9-7/h2-4H2,1H3. The molecular formula is C5H9O3P. The molecule has 0 bridgehead atoms. The first-order valence-electron chi connectivity index (χ1n) is 2.83. The topological polar surface area (TPSA) is 43.4 Å². The minimum absolute atomic E-state index is 0.367. The summed E-state index contributed by atoms with van der Waals surface area (Å²) in [6.07, 6.45) is 2.12. The lowest BCUT2D eigenvalue weighted by Crippen LogP contribution is -1.94. The average Bonchev–Trinajstić information content (AvgIpc) is 1.85. The van der Waals surface area contributed by atoms with E-state index >= 15 is 0 Å². The fraction of sp³-hybridized carbons (Fsp3) is 0.800. The highest BCUT2D eigenvalue weighted by molar-refractivity contribution is 7.18. The summed E-state index contributed by atoms with van der Waals surface area (Å²) in [4.78, 5) is 10.4. The summed E-state index contributed by atoms with van der Waals surface area (Å²) in [6, 6.07) is 0. The van der Waals surface area contributed by atoms with Crippen LogP contribution in [0.2, 0.25) is 0 Å². The molecule has 0 aliphatic heterocycles. The van der Waals surface area contributed by atoms with E-state index in [1.807, 2.05) is 6.92 Å². The van der Waals surface area contributed by atoms with Crippen LogP contribution in [0, 0.1) is 0 Å². The highest BCUT2D eigenvalue weighted by Crippen LogP contribution is 2.01. The van der Waals surface area contributed by atoms with Crippen molar-refractivity contribution in [2.75, 3.05) is 0 Å². The number of unbranched alkanes of at least 4 members (excludes halogenated alkanes) is 1. The predicted octanol–water partition coefficient (Wildman–Crippen LogP) is 1.93. The quantitative estimate of drug-likeness (QED) is 0.572. The molecule has 0 unspecified atom stereocenters. The number of hydrogen-bond donors (Lipinski definition) is 0. The zero-order valence-corrected chi connectivity index (χ0v) is 6.19. The molecule has 0 atom stereocenters. The fourth-order valence-corrected chi connectivity index (χ4v) is 0.583. The Morgan fingerprint density at radius 2 is 2.33 bits per heavy atom. The molecule has 0 rings (SSSR count). The third kappa shape index (κ3) is 5.44. The number of carbonyl (C=O) groups is 1. The number of carbonyl (C=O) groups excluding carboxylic acids is 1. The normalized spacial score (nSPS) is 9.44. The van der Waals surface area contributed by atoms with Crippen molar-refractivity contribution in [2.45, 2.75) is 26.2 Å². The van der Waals surface area contributed by atoms with Crippen LogP contribution in [0.3, 0.4) is 0 Å². The summed E-state index contributed by atoms with van der Waals surface area (Å²) in [5, 5.41) is 0. The van der Waals surface area contributed by atoms with Crippen LogP contribution in [0.5, 0.6) is 0 Å². The van der Waals surface area contributed by atoms with Gasteiger partial charge in [0.2, 0.25) is 0 Å². The first kappa shape index (κ1) is 8.57. The van der Waals surface area contributed by atoms with Crippen LogP contribution in [0.25, 0.3) is 0 Å². The molecule has 0 heterocycles. The van der Waals surface area contributed by atoms with E-state index in [0.717, 1.165) is 12.8 Å². The van der Waals surface area contributed by atoms with Gasteiger partial charge in [-0.15, -0.1) is 0 Å². The third-order valence-corrected chi connectivity index (χ3v) is 1.15. The van der Waals surface area contributed by atoms with Gasteiger partial charge in [-0.2, -0.15) is 0 Å². The van der Waals surface area contributed by atoms with E-state index in [-0.39, 0.29) is 0 Å². The monoisotopic (exact) mass is 148 g/mol. The Morgan fingerprint density at radius 1 is 1.67 bits per heavy atom. The van der Waals surface area contributed by atoms with E-state index in [9.17, 15) is 9.36 Å². The van der Waals surface area contributed by atoms with E-state index in [0.29, 0.717) is 6.42 Å². The van der Waals surface area contributed by atoms with Crippen molar-refractivity contribution in [3.05, 3.63) is 0 Å². The molecule has 0 fully saturated rings. The van der Waals surface area contributed by atoms with Crippen molar-refractivity contribution in [1.29, 1.82) is 0 Å². The zero-order chi connectivity index (χ0) is 7.11. The molecule has 0 aliphatic rings. The van der Waals surface area contributed by atoms with Gasteiger partial charge < -0.3 is 4.52 Å². The molecule has 0 radical (unpaired) electrons. The van der Waals surface area contributed by atoms with Gasteiger partial charge in [0.25, 0.3) is 0 Å². The van der Waals surface area contributed by atoms with Gasteiger partial charge in [0.15, 0.2) is 0 Å². The highest BCUT2D eigenvalue weighted by atomic mass is 31.1. The van der Waals surface area contributed by atoms with Crippen LogP contribution in [0.4, 0.5) is 0 Å². The van der Waals surface area contributed by atoms with Crippen LogP contribution >= 0.6 is 8.69 Å². The van der Waals surface area contributed by atoms with Crippen LogP contribution in [0.1, 0.15) is 26.2 Å². The Kier molecular flexibility index (Phi) is 5.43. The van der Waals surface area contributed by atoms with Gasteiger partial charge in [0, 0.05) is 6.42 Å². The van der Waals surface area contributed by atoms with Gasteiger partial charge in [-0.1, -0.05) is 13.3 Å². The Morgan fingerprint density at radius 3 is 2.78 bits per heavy atom. The summed E-state index contributed by atoms with van der Waals surface area (Å²) < 4.78 is 13.8. The van der Waals surface area contributed by atoms with E-state index in [1.165, 1.54) is 0 Å². The summed E-state index contributed by atoms with van der Waals surface area (Å²) in [7, 11) is -0.545. The van der Waals surface area contributed by atoms with Gasteiger partial charge in [-0.3, -0.25) is 4.79 Å². The molecular weight excluding hydrogens is 139 g/mol. The molecule has 0 aromatic rings. The van der Waals surface area contributed by atoms with Crippen molar-refractivity contribution < 1.29 is 13.9 Å². The Labute approximate surface area is 55.7 Å².